The standard InChI is InChI=1S/C15H14F2N2O2/c1-21-15(20)10-3-2-4-13(14(10)18)19-8-9-5-6-11(16)12(17)7-9/h2-7,19H,8,18H2,1H3. The van der Waals surface area contributed by atoms with Crippen molar-refractivity contribution in [3.63, 3.8) is 0 Å². The molecule has 0 aromatic heterocycles. The zero-order chi connectivity index (χ0) is 15.4. The van der Waals surface area contributed by atoms with E-state index < -0.39 is 17.6 Å². The molecule has 0 amide bonds. The van der Waals surface area contributed by atoms with Crippen LogP contribution in [0.1, 0.15) is 15.9 Å². The Hall–Kier alpha value is -2.63. The summed E-state index contributed by atoms with van der Waals surface area (Å²) < 4.78 is 30.6. The number of hydrogen-bond donors (Lipinski definition) is 2. The van der Waals surface area contributed by atoms with Crippen LogP contribution in [0.5, 0.6) is 0 Å². The van der Waals surface area contributed by atoms with Crippen LogP contribution in [0.4, 0.5) is 20.2 Å². The topological polar surface area (TPSA) is 64.3 Å². The van der Waals surface area contributed by atoms with Gasteiger partial charge in [0.25, 0.3) is 0 Å². The maximum Gasteiger partial charge on any atom is 0.340 e. The Balaban J connectivity index is 2.16. The molecule has 3 N–H and O–H groups in total. The van der Waals surface area contributed by atoms with Gasteiger partial charge in [-0.05, 0) is 29.8 Å². The van der Waals surface area contributed by atoms with Crippen molar-refractivity contribution in [3.05, 3.63) is 59.2 Å². The normalized spacial score (nSPS) is 10.2. The van der Waals surface area contributed by atoms with Gasteiger partial charge in [-0.2, -0.15) is 0 Å². The molecule has 2 aromatic rings. The first-order valence-corrected chi connectivity index (χ1v) is 6.17. The summed E-state index contributed by atoms with van der Waals surface area (Å²) in [5.41, 5.74) is 7.44. The second-order valence-electron chi connectivity index (χ2n) is 4.36. The van der Waals surface area contributed by atoms with Gasteiger partial charge in [-0.3, -0.25) is 0 Å². The minimum Gasteiger partial charge on any atom is -0.465 e. The van der Waals surface area contributed by atoms with Crippen molar-refractivity contribution < 1.29 is 18.3 Å². The quantitative estimate of drug-likeness (QED) is 0.671. The molecule has 0 aliphatic rings. The average Bonchev–Trinajstić information content (AvgIpc) is 2.49. The predicted octanol–water partition coefficient (Wildman–Crippen LogP) is 2.95. The summed E-state index contributed by atoms with van der Waals surface area (Å²) in [5, 5.41) is 2.97. The minimum absolute atomic E-state index is 0.242. The maximum atomic E-state index is 13.1. The van der Waals surface area contributed by atoms with Crippen molar-refractivity contribution in [2.75, 3.05) is 18.2 Å². The molecule has 0 fully saturated rings. The lowest BCUT2D eigenvalue weighted by Gasteiger charge is -2.12. The molecule has 0 saturated heterocycles. The Morgan fingerprint density at radius 2 is 2.00 bits per heavy atom. The van der Waals surface area contributed by atoms with Crippen LogP contribution < -0.4 is 11.1 Å². The first kappa shape index (κ1) is 14.8. The van der Waals surface area contributed by atoms with Crippen molar-refractivity contribution in [2.45, 2.75) is 6.54 Å². The highest BCUT2D eigenvalue weighted by atomic mass is 19.2. The van der Waals surface area contributed by atoms with Crippen LogP contribution >= 0.6 is 0 Å². The van der Waals surface area contributed by atoms with Gasteiger partial charge in [0.1, 0.15) is 0 Å². The Morgan fingerprint density at radius 3 is 2.67 bits per heavy atom. The highest BCUT2D eigenvalue weighted by molar-refractivity contribution is 5.98. The number of nitrogens with one attached hydrogen (secondary N) is 1. The fourth-order valence-corrected chi connectivity index (χ4v) is 1.85. The number of esters is 1. The second-order valence-corrected chi connectivity index (χ2v) is 4.36. The summed E-state index contributed by atoms with van der Waals surface area (Å²) in [5.74, 6) is -2.35. The highest BCUT2D eigenvalue weighted by Crippen LogP contribution is 2.24. The van der Waals surface area contributed by atoms with Gasteiger partial charge < -0.3 is 15.8 Å². The number of anilines is 2. The molecule has 0 aliphatic carbocycles. The van der Waals surface area contributed by atoms with Gasteiger partial charge in [0, 0.05) is 6.54 Å². The number of ether oxygens (including phenoxy) is 1. The van der Waals surface area contributed by atoms with Gasteiger partial charge in [-0.15, -0.1) is 0 Å². The van der Waals surface area contributed by atoms with E-state index in [-0.39, 0.29) is 17.8 Å². The third-order valence-electron chi connectivity index (χ3n) is 2.98. The number of nitrogen functional groups attached to an aromatic ring is 1. The minimum atomic E-state index is -0.911. The van der Waals surface area contributed by atoms with Crippen LogP contribution in [-0.2, 0) is 11.3 Å². The predicted molar refractivity (Wildman–Crippen MR) is 75.9 cm³/mol. The van der Waals surface area contributed by atoms with Crippen molar-refractivity contribution in [2.24, 2.45) is 0 Å². The van der Waals surface area contributed by atoms with Crippen molar-refractivity contribution in [1.29, 1.82) is 0 Å². The molecule has 21 heavy (non-hydrogen) atoms. The number of hydrogen-bond acceptors (Lipinski definition) is 4. The molecular formula is C15H14F2N2O2. The third kappa shape index (κ3) is 3.28. The van der Waals surface area contributed by atoms with Gasteiger partial charge in [0.15, 0.2) is 11.6 Å². The SMILES string of the molecule is COC(=O)c1cccc(NCc2ccc(F)c(F)c2)c1N. The zero-order valence-corrected chi connectivity index (χ0v) is 11.3. The molecule has 0 aliphatic heterocycles. The Labute approximate surface area is 120 Å². The first-order chi connectivity index (χ1) is 10.0. The summed E-state index contributed by atoms with van der Waals surface area (Å²) in [4.78, 5) is 11.5. The fourth-order valence-electron chi connectivity index (χ4n) is 1.85. The second kappa shape index (κ2) is 6.21. The van der Waals surface area contributed by atoms with Gasteiger partial charge in [0.2, 0.25) is 0 Å². The molecule has 0 saturated carbocycles. The lowest BCUT2D eigenvalue weighted by Crippen LogP contribution is -2.09. The van der Waals surface area contributed by atoms with Crippen LogP contribution in [0, 0.1) is 11.6 Å². The van der Waals surface area contributed by atoms with E-state index in [4.69, 9.17) is 5.73 Å². The summed E-state index contributed by atoms with van der Waals surface area (Å²) in [7, 11) is 1.27. The molecule has 110 valence electrons. The van der Waals surface area contributed by atoms with Crippen molar-refractivity contribution >= 4 is 17.3 Å². The third-order valence-corrected chi connectivity index (χ3v) is 2.98. The molecule has 2 aromatic carbocycles. The lowest BCUT2D eigenvalue weighted by atomic mass is 10.1. The van der Waals surface area contributed by atoms with Crippen LogP contribution in [0.3, 0.4) is 0 Å². The van der Waals surface area contributed by atoms with E-state index in [1.165, 1.54) is 13.2 Å². The van der Waals surface area contributed by atoms with Gasteiger partial charge in [-0.1, -0.05) is 12.1 Å². The summed E-state index contributed by atoms with van der Waals surface area (Å²) in [6.45, 7) is 0.242. The molecule has 0 bridgehead atoms. The number of para-hydroxylation sites is 1. The molecule has 6 heteroatoms. The van der Waals surface area contributed by atoms with Crippen LogP contribution in [0.2, 0.25) is 0 Å². The molecule has 0 heterocycles. The highest BCUT2D eigenvalue weighted by Gasteiger charge is 2.12. The van der Waals surface area contributed by atoms with E-state index in [0.29, 0.717) is 11.3 Å². The number of nitrogens with two attached hydrogens (primary N) is 1. The van der Waals surface area contributed by atoms with Gasteiger partial charge in [-0.25, -0.2) is 13.6 Å². The number of benzene rings is 2. The molecule has 0 atom stereocenters. The van der Waals surface area contributed by atoms with Gasteiger partial charge in [0.05, 0.1) is 24.0 Å². The molecule has 2 rings (SSSR count). The number of carbonyl (C=O) groups excluding carboxylic acids is 1. The maximum absolute atomic E-state index is 13.1. The largest absolute Gasteiger partial charge is 0.465 e. The number of rotatable bonds is 4. The first-order valence-electron chi connectivity index (χ1n) is 6.17. The van der Waals surface area contributed by atoms with E-state index in [2.05, 4.69) is 10.1 Å². The van der Waals surface area contributed by atoms with Crippen LogP contribution in [0.15, 0.2) is 36.4 Å². The van der Waals surface area contributed by atoms with E-state index in [1.807, 2.05) is 0 Å². The molecule has 0 unspecified atom stereocenters. The summed E-state index contributed by atoms with van der Waals surface area (Å²) in [6.07, 6.45) is 0. The Bertz CT molecular complexity index is 675. The van der Waals surface area contributed by atoms with E-state index in [0.717, 1.165) is 12.1 Å². The van der Waals surface area contributed by atoms with E-state index in [9.17, 15) is 13.6 Å². The number of methoxy groups -OCH3 is 1. The van der Waals surface area contributed by atoms with Crippen LogP contribution in [-0.4, -0.2) is 13.1 Å². The number of carbonyl (C=O) groups is 1. The van der Waals surface area contributed by atoms with Gasteiger partial charge >= 0.3 is 5.97 Å². The zero-order valence-electron chi connectivity index (χ0n) is 11.3. The molecule has 4 nitrogen and oxygen atoms in total. The van der Waals surface area contributed by atoms with E-state index >= 15 is 0 Å². The molecule has 0 spiro atoms. The average molecular weight is 292 g/mol. The van der Waals surface area contributed by atoms with E-state index in [1.54, 1.807) is 18.2 Å². The molecule has 0 radical (unpaired) electrons. The Morgan fingerprint density at radius 1 is 1.24 bits per heavy atom. The molecular weight excluding hydrogens is 278 g/mol. The lowest BCUT2D eigenvalue weighted by molar-refractivity contribution is 0.0602. The van der Waals surface area contributed by atoms with Crippen molar-refractivity contribution in [3.8, 4) is 0 Å². The van der Waals surface area contributed by atoms with Crippen LogP contribution in [0.25, 0.3) is 0 Å². The fraction of sp³-hybridized carbons (Fsp3) is 0.133. The summed E-state index contributed by atoms with van der Waals surface area (Å²) >= 11 is 0. The monoisotopic (exact) mass is 292 g/mol. The summed E-state index contributed by atoms with van der Waals surface area (Å²) in [6, 6.07) is 8.50. The Kier molecular flexibility index (Phi) is 4.37. The van der Waals surface area contributed by atoms with Crippen molar-refractivity contribution in [1.82, 2.24) is 0 Å². The number of halogens is 2. The smallest absolute Gasteiger partial charge is 0.340 e.